The van der Waals surface area contributed by atoms with Gasteiger partial charge in [0.15, 0.2) is 0 Å². The average molecular weight is 407 g/mol. The first-order valence-electron chi connectivity index (χ1n) is 7.73. The monoisotopic (exact) mass is 407 g/mol. The number of halogens is 5. The maximum atomic E-state index is 14.1. The van der Waals surface area contributed by atoms with Crippen LogP contribution in [0, 0.1) is 12.7 Å². The lowest BCUT2D eigenvalue weighted by atomic mass is 10.1. The van der Waals surface area contributed by atoms with E-state index in [-0.39, 0.29) is 17.1 Å². The summed E-state index contributed by atoms with van der Waals surface area (Å²) in [5.41, 5.74) is 0.0377. The second kappa shape index (κ2) is 6.45. The van der Waals surface area contributed by atoms with Gasteiger partial charge in [0.2, 0.25) is 0 Å². The molecular weight excluding hydrogens is 393 g/mol. The van der Waals surface area contributed by atoms with Gasteiger partial charge in [0, 0.05) is 18.1 Å². The Labute approximate surface area is 151 Å². The van der Waals surface area contributed by atoms with E-state index < -0.39 is 50.3 Å². The zero-order chi connectivity index (χ0) is 20.1. The fourth-order valence-corrected chi connectivity index (χ4v) is 4.09. The molecular formula is C17H14F5NO3S. The molecule has 2 aromatic rings. The predicted molar refractivity (Wildman–Crippen MR) is 86.4 cm³/mol. The van der Waals surface area contributed by atoms with Crippen LogP contribution in [0.15, 0.2) is 35.2 Å². The molecule has 2 unspecified atom stereocenters. The summed E-state index contributed by atoms with van der Waals surface area (Å²) in [5.74, 6) is -0.637. The van der Waals surface area contributed by atoms with Gasteiger partial charge in [-0.1, -0.05) is 0 Å². The Bertz CT molecular complexity index is 984. The van der Waals surface area contributed by atoms with E-state index >= 15 is 0 Å². The van der Waals surface area contributed by atoms with E-state index in [0.29, 0.717) is 11.6 Å². The van der Waals surface area contributed by atoms with Crippen LogP contribution in [0.3, 0.4) is 0 Å². The summed E-state index contributed by atoms with van der Waals surface area (Å²) >= 11 is 0. The Kier molecular flexibility index (Phi) is 4.67. The van der Waals surface area contributed by atoms with Gasteiger partial charge in [-0.25, -0.2) is 17.2 Å². The maximum Gasteiger partial charge on any atom is 0.501 e. The molecule has 1 aliphatic rings. The number of benzene rings is 2. The van der Waals surface area contributed by atoms with Crippen LogP contribution in [0.25, 0.3) is 0 Å². The van der Waals surface area contributed by atoms with Gasteiger partial charge in [0.05, 0.1) is 10.9 Å². The molecule has 146 valence electrons. The van der Waals surface area contributed by atoms with Crippen LogP contribution in [-0.2, 0) is 16.3 Å². The van der Waals surface area contributed by atoms with Gasteiger partial charge in [-0.15, -0.1) is 0 Å². The number of rotatable bonds is 3. The highest BCUT2D eigenvalue weighted by molar-refractivity contribution is 7.92. The number of ether oxygens (including phenoxy) is 1. The third kappa shape index (κ3) is 3.39. The minimum atomic E-state index is -5.72. The van der Waals surface area contributed by atoms with Crippen LogP contribution >= 0.6 is 0 Å². The standard InChI is InChI=1S/C17H14F5NO3S/c1-8-4-9(18)6-10(5-8)26-13-2-3-14(27(24,25)17(20,21)22)15-11(13)7-12(19)16(15)23/h2-6,12,16H,7,23H2,1H3. The second-order valence-electron chi connectivity index (χ2n) is 6.22. The van der Waals surface area contributed by atoms with E-state index in [0.717, 1.165) is 12.1 Å². The van der Waals surface area contributed by atoms with Crippen LogP contribution in [0.1, 0.15) is 22.7 Å². The fraction of sp³-hybridized carbons (Fsp3) is 0.294. The molecule has 0 aliphatic heterocycles. The van der Waals surface area contributed by atoms with Crippen molar-refractivity contribution < 1.29 is 35.1 Å². The van der Waals surface area contributed by atoms with Gasteiger partial charge in [-0.2, -0.15) is 13.2 Å². The summed E-state index contributed by atoms with van der Waals surface area (Å²) in [6, 6.07) is 3.87. The van der Waals surface area contributed by atoms with E-state index in [4.69, 9.17) is 10.5 Å². The molecule has 0 saturated carbocycles. The molecule has 2 N–H and O–H groups in total. The highest BCUT2D eigenvalue weighted by atomic mass is 32.2. The lowest BCUT2D eigenvalue weighted by Crippen LogP contribution is -2.26. The molecule has 0 saturated heterocycles. The third-order valence-electron chi connectivity index (χ3n) is 4.23. The average Bonchev–Trinajstić information content (AvgIpc) is 2.82. The van der Waals surface area contributed by atoms with Crippen molar-refractivity contribution in [2.45, 2.75) is 36.0 Å². The summed E-state index contributed by atoms with van der Waals surface area (Å²) < 4.78 is 95.6. The first-order valence-corrected chi connectivity index (χ1v) is 9.22. The van der Waals surface area contributed by atoms with E-state index in [2.05, 4.69) is 0 Å². The van der Waals surface area contributed by atoms with E-state index in [1.165, 1.54) is 12.1 Å². The van der Waals surface area contributed by atoms with Gasteiger partial charge in [0.1, 0.15) is 23.5 Å². The summed E-state index contributed by atoms with van der Waals surface area (Å²) in [4.78, 5) is -1.10. The van der Waals surface area contributed by atoms with Gasteiger partial charge in [-0.3, -0.25) is 0 Å². The molecule has 4 nitrogen and oxygen atoms in total. The summed E-state index contributed by atoms with van der Waals surface area (Å²) in [5, 5.41) is 0. The molecule has 0 aromatic heterocycles. The molecule has 3 rings (SSSR count). The third-order valence-corrected chi connectivity index (χ3v) is 5.78. The topological polar surface area (TPSA) is 69.4 Å². The van der Waals surface area contributed by atoms with Crippen molar-refractivity contribution >= 4 is 9.84 Å². The number of hydrogen-bond acceptors (Lipinski definition) is 4. The molecule has 0 heterocycles. The van der Waals surface area contributed by atoms with Crippen molar-refractivity contribution in [1.29, 1.82) is 0 Å². The normalized spacial score (nSPS) is 19.8. The van der Waals surface area contributed by atoms with E-state index in [1.54, 1.807) is 6.92 Å². The zero-order valence-electron chi connectivity index (χ0n) is 13.8. The van der Waals surface area contributed by atoms with Crippen LogP contribution in [0.4, 0.5) is 22.0 Å². The molecule has 10 heteroatoms. The van der Waals surface area contributed by atoms with Crippen LogP contribution < -0.4 is 10.5 Å². The summed E-state index contributed by atoms with van der Waals surface area (Å²) in [6.07, 6.45) is -2.19. The van der Waals surface area contributed by atoms with Gasteiger partial charge >= 0.3 is 5.51 Å². The molecule has 0 radical (unpaired) electrons. The molecule has 2 atom stereocenters. The summed E-state index contributed by atoms with van der Waals surface area (Å²) in [6.45, 7) is 1.60. The van der Waals surface area contributed by atoms with Crippen molar-refractivity contribution in [3.63, 3.8) is 0 Å². The van der Waals surface area contributed by atoms with E-state index in [9.17, 15) is 30.4 Å². The molecule has 0 fully saturated rings. The van der Waals surface area contributed by atoms with Crippen molar-refractivity contribution in [2.75, 3.05) is 0 Å². The molecule has 0 amide bonds. The van der Waals surface area contributed by atoms with E-state index in [1.807, 2.05) is 0 Å². The number of aryl methyl sites for hydroxylation is 1. The highest BCUT2D eigenvalue weighted by Crippen LogP contribution is 2.45. The predicted octanol–water partition coefficient (Wildman–Crippen LogP) is 4.11. The molecule has 0 spiro atoms. The smallest absolute Gasteiger partial charge is 0.457 e. The molecule has 27 heavy (non-hydrogen) atoms. The first kappa shape index (κ1) is 19.6. The Morgan fingerprint density at radius 2 is 1.85 bits per heavy atom. The minimum absolute atomic E-state index is 0.0389. The van der Waals surface area contributed by atoms with Crippen LogP contribution in [0.2, 0.25) is 0 Å². The van der Waals surface area contributed by atoms with Crippen molar-refractivity contribution in [3.8, 4) is 11.5 Å². The number of nitrogens with two attached hydrogens (primary N) is 1. The summed E-state index contributed by atoms with van der Waals surface area (Å²) in [7, 11) is -5.72. The zero-order valence-corrected chi connectivity index (χ0v) is 14.7. The second-order valence-corrected chi connectivity index (χ2v) is 8.13. The van der Waals surface area contributed by atoms with Crippen LogP contribution in [0.5, 0.6) is 11.5 Å². The highest BCUT2D eigenvalue weighted by Gasteiger charge is 2.50. The maximum absolute atomic E-state index is 14.1. The SMILES string of the molecule is Cc1cc(F)cc(Oc2ccc(S(=O)(=O)C(F)(F)F)c3c2CC(F)C3N)c1. The minimum Gasteiger partial charge on any atom is -0.457 e. The quantitative estimate of drug-likeness (QED) is 0.778. The van der Waals surface area contributed by atoms with Crippen molar-refractivity contribution in [2.24, 2.45) is 5.73 Å². The molecule has 0 bridgehead atoms. The Morgan fingerprint density at radius 1 is 1.19 bits per heavy atom. The fourth-order valence-electron chi connectivity index (χ4n) is 3.05. The largest absolute Gasteiger partial charge is 0.501 e. The number of fused-ring (bicyclic) bond motifs is 1. The molecule has 2 aromatic carbocycles. The van der Waals surface area contributed by atoms with Gasteiger partial charge < -0.3 is 10.5 Å². The lowest BCUT2D eigenvalue weighted by Gasteiger charge is -2.17. The molecule has 1 aliphatic carbocycles. The Hall–Kier alpha value is -2.20. The van der Waals surface area contributed by atoms with Gasteiger partial charge in [-0.05, 0) is 42.3 Å². The van der Waals surface area contributed by atoms with Crippen LogP contribution in [-0.4, -0.2) is 20.1 Å². The first-order chi connectivity index (χ1) is 12.4. The number of hydrogen-bond donors (Lipinski definition) is 1. The van der Waals surface area contributed by atoms with Gasteiger partial charge in [0.25, 0.3) is 9.84 Å². The number of sulfone groups is 1. The number of alkyl halides is 4. The Morgan fingerprint density at radius 3 is 2.44 bits per heavy atom. The lowest BCUT2D eigenvalue weighted by molar-refractivity contribution is -0.0436. The van der Waals surface area contributed by atoms with Crippen molar-refractivity contribution in [3.05, 3.63) is 52.8 Å². The van der Waals surface area contributed by atoms with Crippen molar-refractivity contribution in [1.82, 2.24) is 0 Å². The Balaban J connectivity index is 2.15.